The van der Waals surface area contributed by atoms with Crippen molar-refractivity contribution < 1.29 is 26.4 Å². The van der Waals surface area contributed by atoms with E-state index in [-0.39, 0.29) is 39.7 Å². The van der Waals surface area contributed by atoms with Gasteiger partial charge in [0, 0.05) is 52.8 Å². The lowest BCUT2D eigenvalue weighted by atomic mass is 10.2. The predicted octanol–water partition coefficient (Wildman–Crippen LogP) is 6.64. The molecule has 0 unspecified atom stereocenters. The summed E-state index contributed by atoms with van der Waals surface area (Å²) in [6, 6.07) is 26.9. The van der Waals surface area contributed by atoms with Gasteiger partial charge in [-0.2, -0.15) is 0 Å². The van der Waals surface area contributed by atoms with Gasteiger partial charge in [-0.3, -0.25) is 18.2 Å². The van der Waals surface area contributed by atoms with Gasteiger partial charge < -0.3 is 21.7 Å². The van der Waals surface area contributed by atoms with Crippen molar-refractivity contribution in [1.29, 1.82) is 0 Å². The Morgan fingerprint density at radius 2 is 1.08 bits per heavy atom. The second kappa shape index (κ2) is 20.6. The number of alkyl halides is 2. The third kappa shape index (κ3) is 12.5. The maximum Gasteiger partial charge on any atom is 0.264 e. The van der Waals surface area contributed by atoms with Gasteiger partial charge in [0.2, 0.25) is 11.1 Å². The number of hydrogen-bond donors (Lipinski definition) is 4. The van der Waals surface area contributed by atoms with Crippen molar-refractivity contribution in [2.45, 2.75) is 22.6 Å². The van der Waals surface area contributed by atoms with E-state index in [1.165, 1.54) is 47.0 Å². The largest absolute Gasteiger partial charge is 0.397 e. The minimum absolute atomic E-state index is 0.0824. The van der Waals surface area contributed by atoms with Crippen LogP contribution >= 0.6 is 34.8 Å². The Hall–Kier alpha value is -4.21. The summed E-state index contributed by atoms with van der Waals surface area (Å²) >= 11 is 15.5. The van der Waals surface area contributed by atoms with Crippen LogP contribution in [0.25, 0.3) is 0 Å². The van der Waals surface area contributed by atoms with Gasteiger partial charge in [0.25, 0.3) is 20.0 Å². The number of nitrogens with zero attached hydrogens (tertiary/aromatic N) is 2. The number of nitrogens with one attached hydrogen (secondary N) is 3. The van der Waals surface area contributed by atoms with E-state index in [1.807, 2.05) is 12.1 Å². The standard InChI is InChI=1S/C17H20ClN3O3S.C14H17N3O2S.C3H4Cl2O/c1-19-15-9-8-14(12-16(15)20-17(22)10-11-18)25(23,24)21(2)13-6-4-3-5-7-13;1-16-14-9-8-12(10-13(14)15)20(18,19)17(2)11-6-4-3-5-7-11;4-2-1-3(5)6/h3-9,12,19H,10-11H2,1-2H3,(H,20,22);3-10,16H,15H2,1-2H3;1-2H2. The summed E-state index contributed by atoms with van der Waals surface area (Å²) in [6.45, 7) is 0. The van der Waals surface area contributed by atoms with Crippen molar-refractivity contribution in [2.24, 2.45) is 0 Å². The lowest BCUT2D eigenvalue weighted by Gasteiger charge is -2.20. The molecule has 0 bridgehead atoms. The van der Waals surface area contributed by atoms with Crippen LogP contribution in [0.4, 0.5) is 34.1 Å². The molecule has 0 aliphatic carbocycles. The summed E-state index contributed by atoms with van der Waals surface area (Å²) in [7, 11) is -0.941. The molecule has 12 nitrogen and oxygen atoms in total. The molecule has 0 fully saturated rings. The molecule has 4 aromatic carbocycles. The van der Waals surface area contributed by atoms with Gasteiger partial charge in [-0.05, 0) is 72.3 Å². The van der Waals surface area contributed by atoms with E-state index in [1.54, 1.807) is 74.8 Å². The first kappa shape index (κ1) is 43.0. The quantitative estimate of drug-likeness (QED) is 0.0658. The summed E-state index contributed by atoms with van der Waals surface area (Å²) in [6.07, 6.45) is 0.411. The Kier molecular flexibility index (Phi) is 17.3. The van der Waals surface area contributed by atoms with Crippen molar-refractivity contribution in [2.75, 3.05) is 70.2 Å². The molecule has 0 aromatic heterocycles. The second-order valence-corrected chi connectivity index (χ2v) is 15.5. The fourth-order valence-electron chi connectivity index (χ4n) is 4.18. The number of sulfonamides is 2. The molecule has 0 saturated carbocycles. The third-order valence-electron chi connectivity index (χ3n) is 7.00. The van der Waals surface area contributed by atoms with Gasteiger partial charge in [0.05, 0.1) is 43.9 Å². The first-order valence-corrected chi connectivity index (χ1v) is 19.5. The Morgan fingerprint density at radius 1 is 0.647 bits per heavy atom. The molecule has 276 valence electrons. The number of carbonyl (C=O) groups excluding carboxylic acids is 2. The van der Waals surface area contributed by atoms with E-state index in [4.69, 9.17) is 40.5 Å². The molecule has 0 aliphatic rings. The van der Waals surface area contributed by atoms with Gasteiger partial charge in [-0.15, -0.1) is 23.2 Å². The number of para-hydroxylation sites is 2. The Balaban J connectivity index is 0.000000310. The number of anilines is 6. The van der Waals surface area contributed by atoms with Crippen LogP contribution in [0.5, 0.6) is 0 Å². The average Bonchev–Trinajstić information content (AvgIpc) is 3.12. The molecule has 0 spiro atoms. The minimum atomic E-state index is -3.76. The third-order valence-corrected chi connectivity index (χ3v) is 11.1. The highest BCUT2D eigenvalue weighted by Crippen LogP contribution is 2.29. The van der Waals surface area contributed by atoms with Crippen LogP contribution in [0.15, 0.2) is 107 Å². The normalized spacial score (nSPS) is 10.7. The molecule has 0 saturated heterocycles. The van der Waals surface area contributed by atoms with Crippen LogP contribution in [0.2, 0.25) is 0 Å². The van der Waals surface area contributed by atoms with Crippen molar-refractivity contribution in [3.63, 3.8) is 0 Å². The van der Waals surface area contributed by atoms with Gasteiger partial charge in [0.1, 0.15) is 0 Å². The predicted molar refractivity (Wildman–Crippen MR) is 211 cm³/mol. The number of benzene rings is 4. The van der Waals surface area contributed by atoms with Crippen LogP contribution < -0.4 is 30.3 Å². The zero-order valence-corrected chi connectivity index (χ0v) is 32.3. The van der Waals surface area contributed by atoms with Gasteiger partial charge in [-0.1, -0.05) is 36.4 Å². The molecule has 4 aromatic rings. The molecule has 0 heterocycles. The highest BCUT2D eigenvalue weighted by atomic mass is 35.5. The van der Waals surface area contributed by atoms with Gasteiger partial charge >= 0.3 is 0 Å². The number of nitrogen functional groups attached to an aromatic ring is 1. The van der Waals surface area contributed by atoms with Gasteiger partial charge in [-0.25, -0.2) is 16.8 Å². The summed E-state index contributed by atoms with van der Waals surface area (Å²) in [5.74, 6) is 0.232. The average molecular weight is 800 g/mol. The van der Waals surface area contributed by atoms with Crippen molar-refractivity contribution in [3.05, 3.63) is 97.1 Å². The molecule has 0 radical (unpaired) electrons. The number of hydrogen-bond acceptors (Lipinski definition) is 9. The topological polar surface area (TPSA) is 171 Å². The van der Waals surface area contributed by atoms with Crippen LogP contribution in [-0.4, -0.2) is 67.9 Å². The highest BCUT2D eigenvalue weighted by Gasteiger charge is 2.23. The smallest absolute Gasteiger partial charge is 0.264 e. The van der Waals surface area contributed by atoms with Crippen LogP contribution in [-0.2, 0) is 29.6 Å². The SMILES string of the molecule is CNc1ccc(S(=O)(=O)N(C)c2ccccc2)cc1N.CNc1ccc(S(=O)(=O)N(C)c2ccccc2)cc1NC(=O)CCCl.O=C(Cl)CCCl. The molecule has 0 aliphatic heterocycles. The number of rotatable bonds is 13. The molecule has 51 heavy (non-hydrogen) atoms. The summed E-state index contributed by atoms with van der Waals surface area (Å²) in [4.78, 5) is 21.8. The van der Waals surface area contributed by atoms with E-state index in [0.29, 0.717) is 40.0 Å². The molecule has 4 rings (SSSR count). The number of nitrogens with two attached hydrogens (primary N) is 1. The fraction of sp³-hybridized carbons (Fsp3) is 0.235. The van der Waals surface area contributed by atoms with Crippen LogP contribution in [0.3, 0.4) is 0 Å². The second-order valence-electron chi connectivity index (χ2n) is 10.4. The summed E-state index contributed by atoms with van der Waals surface area (Å²) < 4.78 is 53.2. The first-order valence-electron chi connectivity index (χ1n) is 15.2. The number of amides is 1. The lowest BCUT2D eigenvalue weighted by Crippen LogP contribution is -2.26. The Labute approximate surface area is 315 Å². The lowest BCUT2D eigenvalue weighted by molar-refractivity contribution is -0.116. The maximum absolute atomic E-state index is 12.9. The first-order chi connectivity index (χ1) is 24.1. The maximum atomic E-state index is 12.9. The number of halogens is 3. The molecule has 17 heteroatoms. The molecule has 5 N–H and O–H groups in total. The van der Waals surface area contributed by atoms with Crippen LogP contribution in [0, 0.1) is 0 Å². The zero-order chi connectivity index (χ0) is 38.2. The summed E-state index contributed by atoms with van der Waals surface area (Å²) in [5, 5.41) is 8.14. The molecular weight excluding hydrogens is 759 g/mol. The monoisotopic (exact) mass is 798 g/mol. The van der Waals surface area contributed by atoms with Crippen molar-refractivity contribution in [1.82, 2.24) is 0 Å². The number of carbonyl (C=O) groups is 2. The van der Waals surface area contributed by atoms with E-state index in [2.05, 4.69) is 16.0 Å². The minimum Gasteiger partial charge on any atom is -0.397 e. The van der Waals surface area contributed by atoms with Gasteiger partial charge in [0.15, 0.2) is 0 Å². The summed E-state index contributed by atoms with van der Waals surface area (Å²) in [5.41, 5.74) is 9.07. The van der Waals surface area contributed by atoms with Crippen molar-refractivity contribution in [3.8, 4) is 0 Å². The Morgan fingerprint density at radius 3 is 1.45 bits per heavy atom. The van der Waals surface area contributed by atoms with E-state index in [9.17, 15) is 26.4 Å². The van der Waals surface area contributed by atoms with Crippen molar-refractivity contribution >= 4 is 100 Å². The Bertz CT molecular complexity index is 1960. The fourth-order valence-corrected chi connectivity index (χ4v) is 7.16. The zero-order valence-electron chi connectivity index (χ0n) is 28.4. The molecule has 1 amide bonds. The highest BCUT2D eigenvalue weighted by molar-refractivity contribution is 7.93. The van der Waals surface area contributed by atoms with E-state index >= 15 is 0 Å². The molecule has 0 atom stereocenters. The van der Waals surface area contributed by atoms with Crippen LogP contribution in [0.1, 0.15) is 12.8 Å². The van der Waals surface area contributed by atoms with E-state index < -0.39 is 20.0 Å². The van der Waals surface area contributed by atoms with E-state index in [0.717, 1.165) is 0 Å². The molecular formula is C34H41Cl3N6O6S2.